The topological polar surface area (TPSA) is 37.2 Å². The van der Waals surface area contributed by atoms with E-state index in [1.165, 1.54) is 31.2 Å². The van der Waals surface area contributed by atoms with Crippen LogP contribution in [-0.4, -0.2) is 56.8 Å². The van der Waals surface area contributed by atoms with E-state index in [1.807, 2.05) is 24.5 Å². The van der Waals surface area contributed by atoms with Crippen molar-refractivity contribution in [3.05, 3.63) is 83.7 Å². The standard InChI is InChI=1S/C25H30FN5/c26-22-12-10-21(11-13-22)24(30-16-14-29(15-17-30)23-8-4-5-9-23)25-28-27-19-31(25)18-20-6-2-1-3-7-20/h1-3,6-7,10-13,19,23-24H,4-5,8-9,14-18H2. The molecule has 5 nitrogen and oxygen atoms in total. The average molecular weight is 420 g/mol. The second-order valence-electron chi connectivity index (χ2n) is 8.77. The van der Waals surface area contributed by atoms with E-state index in [1.54, 1.807) is 12.1 Å². The van der Waals surface area contributed by atoms with Crippen LogP contribution in [0.3, 0.4) is 0 Å². The van der Waals surface area contributed by atoms with Gasteiger partial charge in [0.05, 0.1) is 12.6 Å². The zero-order valence-corrected chi connectivity index (χ0v) is 17.9. The van der Waals surface area contributed by atoms with Crippen LogP contribution in [0.15, 0.2) is 60.9 Å². The van der Waals surface area contributed by atoms with Gasteiger partial charge in [0, 0.05) is 32.2 Å². The maximum atomic E-state index is 13.7. The fourth-order valence-corrected chi connectivity index (χ4v) is 5.18. The van der Waals surface area contributed by atoms with E-state index >= 15 is 0 Å². The second-order valence-corrected chi connectivity index (χ2v) is 8.77. The molecule has 6 heteroatoms. The van der Waals surface area contributed by atoms with Gasteiger partial charge in [-0.15, -0.1) is 10.2 Å². The Labute approximate surface area is 183 Å². The van der Waals surface area contributed by atoms with E-state index < -0.39 is 0 Å². The summed E-state index contributed by atoms with van der Waals surface area (Å²) in [7, 11) is 0. The first-order valence-electron chi connectivity index (χ1n) is 11.4. The van der Waals surface area contributed by atoms with Crippen molar-refractivity contribution >= 4 is 0 Å². The minimum atomic E-state index is -0.209. The van der Waals surface area contributed by atoms with Crippen LogP contribution in [0.1, 0.15) is 48.7 Å². The fraction of sp³-hybridized carbons (Fsp3) is 0.440. The lowest BCUT2D eigenvalue weighted by molar-refractivity contribution is 0.0773. The third-order valence-corrected chi connectivity index (χ3v) is 6.83. The lowest BCUT2D eigenvalue weighted by Crippen LogP contribution is -2.51. The Kier molecular flexibility index (Phi) is 6.09. The molecule has 0 bridgehead atoms. The van der Waals surface area contributed by atoms with E-state index in [9.17, 15) is 4.39 Å². The lowest BCUT2D eigenvalue weighted by atomic mass is 10.0. The van der Waals surface area contributed by atoms with Crippen molar-refractivity contribution in [1.29, 1.82) is 0 Å². The molecule has 1 aromatic heterocycles. The first-order chi connectivity index (χ1) is 15.3. The summed E-state index contributed by atoms with van der Waals surface area (Å²) in [6.07, 6.45) is 7.23. The summed E-state index contributed by atoms with van der Waals surface area (Å²) < 4.78 is 15.8. The number of piperazine rings is 1. The quantitative estimate of drug-likeness (QED) is 0.603. The Hall–Kier alpha value is -2.57. The van der Waals surface area contributed by atoms with E-state index in [4.69, 9.17) is 0 Å². The Morgan fingerprint density at radius 3 is 2.32 bits per heavy atom. The molecule has 5 rings (SSSR count). The molecule has 0 spiro atoms. The van der Waals surface area contributed by atoms with Gasteiger partial charge in [0.1, 0.15) is 12.1 Å². The summed E-state index contributed by atoms with van der Waals surface area (Å²) in [5, 5.41) is 8.80. The van der Waals surface area contributed by atoms with E-state index in [0.717, 1.165) is 50.2 Å². The zero-order chi connectivity index (χ0) is 21.0. The molecule has 1 saturated heterocycles. The molecule has 1 aliphatic heterocycles. The van der Waals surface area contributed by atoms with E-state index in [0.29, 0.717) is 0 Å². The monoisotopic (exact) mass is 419 g/mol. The Balaban J connectivity index is 1.41. The van der Waals surface area contributed by atoms with Gasteiger partial charge in [-0.05, 0) is 36.1 Å². The third kappa shape index (κ3) is 4.55. The molecule has 0 N–H and O–H groups in total. The molecule has 31 heavy (non-hydrogen) atoms. The van der Waals surface area contributed by atoms with Crippen molar-refractivity contribution in [1.82, 2.24) is 24.6 Å². The van der Waals surface area contributed by atoms with Gasteiger partial charge in [0.2, 0.25) is 0 Å². The molecular formula is C25H30FN5. The maximum absolute atomic E-state index is 13.7. The lowest BCUT2D eigenvalue weighted by Gasteiger charge is -2.41. The average Bonchev–Trinajstić information content (AvgIpc) is 3.50. The first kappa shape index (κ1) is 20.3. The number of nitrogens with zero attached hydrogens (tertiary/aromatic N) is 5. The van der Waals surface area contributed by atoms with Gasteiger partial charge >= 0.3 is 0 Å². The van der Waals surface area contributed by atoms with Crippen LogP contribution < -0.4 is 0 Å². The first-order valence-corrected chi connectivity index (χ1v) is 11.4. The number of hydrogen-bond acceptors (Lipinski definition) is 4. The molecule has 0 amide bonds. The molecule has 3 aromatic rings. The molecule has 1 unspecified atom stereocenters. The summed E-state index contributed by atoms with van der Waals surface area (Å²) in [6.45, 7) is 4.85. The number of benzene rings is 2. The van der Waals surface area contributed by atoms with E-state index in [-0.39, 0.29) is 11.9 Å². The minimum Gasteiger partial charge on any atom is -0.311 e. The summed E-state index contributed by atoms with van der Waals surface area (Å²) in [5.74, 6) is 0.712. The Morgan fingerprint density at radius 2 is 1.61 bits per heavy atom. The van der Waals surface area contributed by atoms with Crippen molar-refractivity contribution < 1.29 is 4.39 Å². The summed E-state index contributed by atoms with van der Waals surface area (Å²) in [5.41, 5.74) is 2.28. The predicted octanol–water partition coefficient (Wildman–Crippen LogP) is 4.12. The number of aromatic nitrogens is 3. The molecule has 1 saturated carbocycles. The Morgan fingerprint density at radius 1 is 0.903 bits per heavy atom. The largest absolute Gasteiger partial charge is 0.311 e. The van der Waals surface area contributed by atoms with Gasteiger partial charge in [0.25, 0.3) is 0 Å². The van der Waals surface area contributed by atoms with Gasteiger partial charge < -0.3 is 4.57 Å². The van der Waals surface area contributed by atoms with Crippen LogP contribution in [-0.2, 0) is 6.54 Å². The summed E-state index contributed by atoms with van der Waals surface area (Å²) in [6, 6.07) is 18.0. The van der Waals surface area contributed by atoms with Gasteiger partial charge in [-0.1, -0.05) is 55.3 Å². The molecule has 2 aromatic carbocycles. The van der Waals surface area contributed by atoms with Crippen LogP contribution in [0.2, 0.25) is 0 Å². The van der Waals surface area contributed by atoms with Crippen LogP contribution in [0.25, 0.3) is 0 Å². The number of hydrogen-bond donors (Lipinski definition) is 0. The molecule has 1 aliphatic carbocycles. The van der Waals surface area contributed by atoms with Crippen LogP contribution in [0.5, 0.6) is 0 Å². The fourth-order valence-electron chi connectivity index (χ4n) is 5.18. The zero-order valence-electron chi connectivity index (χ0n) is 17.9. The van der Waals surface area contributed by atoms with Gasteiger partial charge in [-0.25, -0.2) is 4.39 Å². The van der Waals surface area contributed by atoms with Crippen molar-refractivity contribution in [2.45, 2.75) is 44.3 Å². The number of rotatable bonds is 6. The van der Waals surface area contributed by atoms with E-state index in [2.05, 4.69) is 48.8 Å². The highest BCUT2D eigenvalue weighted by molar-refractivity contribution is 5.26. The van der Waals surface area contributed by atoms with Crippen LogP contribution >= 0.6 is 0 Å². The second kappa shape index (κ2) is 9.28. The summed E-state index contributed by atoms with van der Waals surface area (Å²) >= 11 is 0. The van der Waals surface area contributed by atoms with Crippen molar-refractivity contribution in [2.24, 2.45) is 0 Å². The molecule has 162 valence electrons. The van der Waals surface area contributed by atoms with Crippen molar-refractivity contribution in [3.8, 4) is 0 Å². The molecule has 0 radical (unpaired) electrons. The molecule has 2 aliphatic rings. The summed E-state index contributed by atoms with van der Waals surface area (Å²) in [4.78, 5) is 5.16. The number of halogens is 1. The van der Waals surface area contributed by atoms with Gasteiger partial charge in [-0.2, -0.15) is 0 Å². The highest BCUT2D eigenvalue weighted by Gasteiger charge is 2.32. The Bertz CT molecular complexity index is 957. The van der Waals surface area contributed by atoms with Gasteiger partial charge in [0.15, 0.2) is 5.82 Å². The third-order valence-electron chi connectivity index (χ3n) is 6.83. The molecule has 1 atom stereocenters. The highest BCUT2D eigenvalue weighted by atomic mass is 19.1. The van der Waals surface area contributed by atoms with Crippen molar-refractivity contribution in [2.75, 3.05) is 26.2 Å². The SMILES string of the molecule is Fc1ccc(C(c2nncn2Cc2ccccc2)N2CCN(C3CCCC3)CC2)cc1. The molecule has 2 heterocycles. The van der Waals surface area contributed by atoms with Crippen LogP contribution in [0.4, 0.5) is 4.39 Å². The van der Waals surface area contributed by atoms with Gasteiger partial charge in [-0.3, -0.25) is 9.80 Å². The molecular weight excluding hydrogens is 389 g/mol. The predicted molar refractivity (Wildman–Crippen MR) is 119 cm³/mol. The smallest absolute Gasteiger partial charge is 0.155 e. The maximum Gasteiger partial charge on any atom is 0.155 e. The highest BCUT2D eigenvalue weighted by Crippen LogP contribution is 2.31. The van der Waals surface area contributed by atoms with Crippen molar-refractivity contribution in [3.63, 3.8) is 0 Å². The minimum absolute atomic E-state index is 0.0301. The molecule has 2 fully saturated rings. The van der Waals surface area contributed by atoms with Crippen LogP contribution in [0, 0.1) is 5.82 Å². The normalized spacial score (nSPS) is 19.6.